The molecule has 0 saturated heterocycles. The van der Waals surface area contributed by atoms with Gasteiger partial charge in [0.2, 0.25) is 0 Å². The van der Waals surface area contributed by atoms with Crippen LogP contribution in [0.1, 0.15) is 49.9 Å². The average Bonchev–Trinajstić information content (AvgIpc) is 3.07. The molecule has 5 nitrogen and oxygen atoms in total. The standard InChI is InChI=1S/C13H22N4OS/c1-8(2)4-3-7-15-13-10(11(14)17-19-13)12(18)16-9-5-6-9/h8-9,15H,3-7H2,1-2H3,(H2,14,17)(H,16,18). The highest BCUT2D eigenvalue weighted by Crippen LogP contribution is 2.28. The predicted octanol–water partition coefficient (Wildman–Crippen LogP) is 2.47. The highest BCUT2D eigenvalue weighted by atomic mass is 32.1. The van der Waals surface area contributed by atoms with Crippen LogP contribution in [0.3, 0.4) is 0 Å². The first-order chi connectivity index (χ1) is 9.08. The molecule has 1 aromatic heterocycles. The van der Waals surface area contributed by atoms with Crippen molar-refractivity contribution < 1.29 is 4.79 Å². The van der Waals surface area contributed by atoms with Crippen molar-refractivity contribution >= 4 is 28.3 Å². The molecule has 0 atom stereocenters. The average molecular weight is 282 g/mol. The van der Waals surface area contributed by atoms with Crippen LogP contribution in [0.5, 0.6) is 0 Å². The maximum absolute atomic E-state index is 12.1. The summed E-state index contributed by atoms with van der Waals surface area (Å²) in [4.78, 5) is 12.1. The monoisotopic (exact) mass is 282 g/mol. The van der Waals surface area contributed by atoms with E-state index in [0.29, 0.717) is 23.3 Å². The van der Waals surface area contributed by atoms with Gasteiger partial charge in [-0.2, -0.15) is 4.37 Å². The van der Waals surface area contributed by atoms with Gasteiger partial charge in [-0.1, -0.05) is 13.8 Å². The number of anilines is 2. The summed E-state index contributed by atoms with van der Waals surface area (Å²) >= 11 is 1.26. The Labute approximate surface area is 118 Å². The molecule has 2 rings (SSSR count). The number of rotatable bonds is 7. The molecule has 1 aliphatic carbocycles. The van der Waals surface area contributed by atoms with Gasteiger partial charge in [-0.25, -0.2) is 0 Å². The molecule has 106 valence electrons. The van der Waals surface area contributed by atoms with Crippen molar-refractivity contribution in [3.05, 3.63) is 5.56 Å². The van der Waals surface area contributed by atoms with Gasteiger partial charge in [0, 0.05) is 12.6 Å². The third-order valence-corrected chi connectivity index (χ3v) is 3.92. The molecule has 0 unspecified atom stereocenters. The summed E-state index contributed by atoms with van der Waals surface area (Å²) in [6.45, 7) is 5.27. The van der Waals surface area contributed by atoms with Crippen molar-refractivity contribution in [2.45, 2.75) is 45.6 Å². The highest BCUT2D eigenvalue weighted by molar-refractivity contribution is 7.11. The molecule has 1 amide bonds. The first-order valence-electron chi connectivity index (χ1n) is 6.87. The molecular formula is C13H22N4OS. The lowest BCUT2D eigenvalue weighted by molar-refractivity contribution is 0.0953. The Morgan fingerprint density at radius 1 is 1.53 bits per heavy atom. The van der Waals surface area contributed by atoms with Gasteiger partial charge in [-0.05, 0) is 43.1 Å². The third-order valence-electron chi connectivity index (χ3n) is 3.10. The van der Waals surface area contributed by atoms with Gasteiger partial charge in [0.25, 0.3) is 5.91 Å². The summed E-state index contributed by atoms with van der Waals surface area (Å²) in [6, 6.07) is 0.334. The Kier molecular flexibility index (Phi) is 4.63. The van der Waals surface area contributed by atoms with E-state index in [-0.39, 0.29) is 5.91 Å². The number of nitrogens with zero attached hydrogens (tertiary/aromatic N) is 1. The Balaban J connectivity index is 1.90. The molecule has 1 saturated carbocycles. The zero-order chi connectivity index (χ0) is 13.8. The smallest absolute Gasteiger partial charge is 0.258 e. The van der Waals surface area contributed by atoms with Crippen LogP contribution in [0.2, 0.25) is 0 Å². The normalized spacial score (nSPS) is 14.7. The fourth-order valence-electron chi connectivity index (χ4n) is 1.84. The number of hydrogen-bond donors (Lipinski definition) is 3. The molecule has 0 aromatic carbocycles. The number of carbonyl (C=O) groups excluding carboxylic acids is 1. The molecule has 1 fully saturated rings. The molecular weight excluding hydrogens is 260 g/mol. The zero-order valence-electron chi connectivity index (χ0n) is 11.5. The molecule has 0 aliphatic heterocycles. The van der Waals surface area contributed by atoms with Crippen molar-refractivity contribution in [3.63, 3.8) is 0 Å². The highest BCUT2D eigenvalue weighted by Gasteiger charge is 2.27. The molecule has 4 N–H and O–H groups in total. The van der Waals surface area contributed by atoms with Gasteiger partial charge >= 0.3 is 0 Å². The maximum atomic E-state index is 12.1. The lowest BCUT2D eigenvalue weighted by Gasteiger charge is -2.08. The Bertz CT molecular complexity index is 440. The molecule has 6 heteroatoms. The summed E-state index contributed by atoms with van der Waals surface area (Å²) < 4.78 is 4.08. The molecule has 0 radical (unpaired) electrons. The second-order valence-electron chi connectivity index (χ2n) is 5.48. The lowest BCUT2D eigenvalue weighted by Crippen LogP contribution is -2.26. The van der Waals surface area contributed by atoms with E-state index in [1.54, 1.807) is 0 Å². The fourth-order valence-corrected chi connectivity index (χ4v) is 2.58. The van der Waals surface area contributed by atoms with Gasteiger partial charge in [0.1, 0.15) is 10.6 Å². The van der Waals surface area contributed by atoms with E-state index in [9.17, 15) is 4.79 Å². The minimum atomic E-state index is -0.0971. The zero-order valence-corrected chi connectivity index (χ0v) is 12.3. The van der Waals surface area contributed by atoms with Crippen LogP contribution in [-0.2, 0) is 0 Å². The molecule has 0 bridgehead atoms. The van der Waals surface area contributed by atoms with Crippen LogP contribution in [0.25, 0.3) is 0 Å². The number of hydrogen-bond acceptors (Lipinski definition) is 5. The van der Waals surface area contributed by atoms with Gasteiger partial charge in [-0.15, -0.1) is 0 Å². The van der Waals surface area contributed by atoms with Crippen molar-refractivity contribution in [3.8, 4) is 0 Å². The quantitative estimate of drug-likeness (QED) is 0.671. The summed E-state index contributed by atoms with van der Waals surface area (Å²) in [5.74, 6) is 0.931. The summed E-state index contributed by atoms with van der Waals surface area (Å²) in [5.41, 5.74) is 6.30. The first kappa shape index (κ1) is 14.1. The second-order valence-corrected chi connectivity index (χ2v) is 6.26. The van der Waals surface area contributed by atoms with E-state index in [4.69, 9.17) is 5.73 Å². The van der Waals surface area contributed by atoms with Gasteiger partial charge in [-0.3, -0.25) is 4.79 Å². The topological polar surface area (TPSA) is 80.0 Å². The molecule has 1 heterocycles. The lowest BCUT2D eigenvalue weighted by atomic mass is 10.1. The number of carbonyl (C=O) groups is 1. The largest absolute Gasteiger partial charge is 0.382 e. The van der Waals surface area contributed by atoms with Crippen molar-refractivity contribution in [1.29, 1.82) is 0 Å². The maximum Gasteiger partial charge on any atom is 0.258 e. The Hall–Kier alpha value is -1.30. The Morgan fingerprint density at radius 2 is 2.26 bits per heavy atom. The van der Waals surface area contributed by atoms with E-state index >= 15 is 0 Å². The predicted molar refractivity (Wildman–Crippen MR) is 79.6 cm³/mol. The summed E-state index contributed by atoms with van der Waals surface area (Å²) in [5, 5.41) is 7.02. The van der Waals surface area contributed by atoms with Crippen LogP contribution in [-0.4, -0.2) is 22.9 Å². The second kappa shape index (κ2) is 6.23. The SMILES string of the molecule is CC(C)CCCNc1snc(N)c1C(=O)NC1CC1. The molecule has 19 heavy (non-hydrogen) atoms. The minimum Gasteiger partial charge on any atom is -0.382 e. The fraction of sp³-hybridized carbons (Fsp3) is 0.692. The van der Waals surface area contributed by atoms with Crippen LogP contribution < -0.4 is 16.4 Å². The number of aromatic nitrogens is 1. The number of nitrogens with one attached hydrogen (secondary N) is 2. The van der Waals surface area contributed by atoms with Crippen molar-refractivity contribution in [1.82, 2.24) is 9.69 Å². The van der Waals surface area contributed by atoms with Crippen LogP contribution >= 0.6 is 11.5 Å². The third kappa shape index (κ3) is 4.09. The van der Waals surface area contributed by atoms with Crippen molar-refractivity contribution in [2.24, 2.45) is 5.92 Å². The van der Waals surface area contributed by atoms with Gasteiger partial charge < -0.3 is 16.4 Å². The van der Waals surface area contributed by atoms with E-state index in [1.165, 1.54) is 18.0 Å². The minimum absolute atomic E-state index is 0.0971. The first-order valence-corrected chi connectivity index (χ1v) is 7.65. The van der Waals surface area contributed by atoms with Gasteiger partial charge in [0.05, 0.1) is 0 Å². The van der Waals surface area contributed by atoms with E-state index in [0.717, 1.165) is 30.8 Å². The number of amides is 1. The molecule has 1 aliphatic rings. The summed E-state index contributed by atoms with van der Waals surface area (Å²) in [6.07, 6.45) is 4.39. The van der Waals surface area contributed by atoms with E-state index in [1.807, 2.05) is 0 Å². The van der Waals surface area contributed by atoms with Crippen molar-refractivity contribution in [2.75, 3.05) is 17.6 Å². The van der Waals surface area contributed by atoms with Gasteiger partial charge in [0.15, 0.2) is 5.82 Å². The number of nitrogen functional groups attached to an aromatic ring is 1. The molecule has 1 aromatic rings. The number of nitrogens with two attached hydrogens (primary N) is 1. The van der Waals surface area contributed by atoms with Crippen LogP contribution in [0, 0.1) is 5.92 Å². The van der Waals surface area contributed by atoms with E-state index in [2.05, 4.69) is 28.9 Å². The van der Waals surface area contributed by atoms with Crippen LogP contribution in [0.4, 0.5) is 10.8 Å². The summed E-state index contributed by atoms with van der Waals surface area (Å²) in [7, 11) is 0. The van der Waals surface area contributed by atoms with E-state index < -0.39 is 0 Å². The van der Waals surface area contributed by atoms with Crippen LogP contribution in [0.15, 0.2) is 0 Å². The molecule has 0 spiro atoms. The Morgan fingerprint density at radius 3 is 2.89 bits per heavy atom.